The summed E-state index contributed by atoms with van der Waals surface area (Å²) in [5.41, 5.74) is 1.30. The van der Waals surface area contributed by atoms with Crippen LogP contribution in [0.1, 0.15) is 37.4 Å². The fourth-order valence-electron chi connectivity index (χ4n) is 2.45. The van der Waals surface area contributed by atoms with Crippen molar-refractivity contribution in [2.24, 2.45) is 0 Å². The quantitative estimate of drug-likeness (QED) is 0.863. The molecule has 2 rings (SSSR count). The van der Waals surface area contributed by atoms with Gasteiger partial charge in [-0.05, 0) is 26.2 Å². The van der Waals surface area contributed by atoms with Crippen molar-refractivity contribution in [3.8, 4) is 0 Å². The first kappa shape index (κ1) is 13.8. The maximum absolute atomic E-state index is 12.6. The first-order chi connectivity index (χ1) is 8.52. The van der Waals surface area contributed by atoms with Crippen LogP contribution in [-0.2, 0) is 15.9 Å². The minimum Gasteiger partial charge on any atom is -0.281 e. The lowest BCUT2D eigenvalue weighted by atomic mass is 10.2. The lowest BCUT2D eigenvalue weighted by Gasteiger charge is -2.22. The zero-order valence-electron chi connectivity index (χ0n) is 10.6. The van der Waals surface area contributed by atoms with Gasteiger partial charge in [-0.15, -0.1) is 11.6 Å². The van der Waals surface area contributed by atoms with Crippen LogP contribution in [0.15, 0.2) is 5.03 Å². The molecule has 1 atom stereocenters. The number of sulfonamides is 1. The Bertz CT molecular complexity index is 526. The normalized spacial score (nSPS) is 21.6. The largest absolute Gasteiger partial charge is 0.281 e. The maximum atomic E-state index is 12.6. The van der Waals surface area contributed by atoms with E-state index in [0.717, 1.165) is 25.0 Å². The number of halogens is 1. The van der Waals surface area contributed by atoms with E-state index in [1.165, 1.54) is 0 Å². The van der Waals surface area contributed by atoms with Crippen molar-refractivity contribution >= 4 is 21.6 Å². The Morgan fingerprint density at radius 1 is 1.56 bits per heavy atom. The second kappa shape index (κ2) is 5.19. The van der Waals surface area contributed by atoms with Gasteiger partial charge < -0.3 is 0 Å². The first-order valence-electron chi connectivity index (χ1n) is 6.14. The van der Waals surface area contributed by atoms with Gasteiger partial charge in [-0.25, -0.2) is 8.42 Å². The van der Waals surface area contributed by atoms with Gasteiger partial charge in [-0.2, -0.15) is 9.40 Å². The standard InChI is InChI=1S/C11H18ClN3O2S/c1-3-9-5-4-6-15(9)18(16,17)11-10(7-12)8(2)13-14-11/h9H,3-7H2,1-2H3,(H,13,14). The second-order valence-electron chi connectivity index (χ2n) is 4.59. The van der Waals surface area contributed by atoms with Crippen LogP contribution < -0.4 is 0 Å². The summed E-state index contributed by atoms with van der Waals surface area (Å²) in [6, 6.07) is 0.0928. The van der Waals surface area contributed by atoms with Crippen LogP contribution in [0.2, 0.25) is 0 Å². The predicted molar refractivity (Wildman–Crippen MR) is 70.1 cm³/mol. The predicted octanol–water partition coefficient (Wildman–Crippen LogP) is 2.02. The molecule has 1 unspecified atom stereocenters. The van der Waals surface area contributed by atoms with E-state index >= 15 is 0 Å². The highest BCUT2D eigenvalue weighted by Crippen LogP contribution is 2.29. The van der Waals surface area contributed by atoms with Gasteiger partial charge in [0.25, 0.3) is 10.0 Å². The molecule has 1 fully saturated rings. The number of aromatic nitrogens is 2. The highest BCUT2D eigenvalue weighted by atomic mass is 35.5. The summed E-state index contributed by atoms with van der Waals surface area (Å²) in [4.78, 5) is 0. The van der Waals surface area contributed by atoms with Gasteiger partial charge in [0.15, 0.2) is 5.03 Å². The summed E-state index contributed by atoms with van der Waals surface area (Å²) in [7, 11) is -3.52. The Morgan fingerprint density at radius 3 is 2.89 bits per heavy atom. The topological polar surface area (TPSA) is 66.1 Å². The minimum atomic E-state index is -3.52. The molecule has 0 amide bonds. The number of hydrogen-bond donors (Lipinski definition) is 1. The van der Waals surface area contributed by atoms with E-state index in [2.05, 4.69) is 10.2 Å². The summed E-state index contributed by atoms with van der Waals surface area (Å²) in [5, 5.41) is 6.74. The van der Waals surface area contributed by atoms with Crippen molar-refractivity contribution in [2.75, 3.05) is 6.54 Å². The van der Waals surface area contributed by atoms with Gasteiger partial charge in [0.2, 0.25) is 0 Å². The Morgan fingerprint density at radius 2 is 2.28 bits per heavy atom. The van der Waals surface area contributed by atoms with Crippen LogP contribution in [-0.4, -0.2) is 35.5 Å². The molecule has 5 nitrogen and oxygen atoms in total. The third kappa shape index (κ3) is 2.17. The van der Waals surface area contributed by atoms with Crippen molar-refractivity contribution in [1.82, 2.24) is 14.5 Å². The van der Waals surface area contributed by atoms with Gasteiger partial charge in [0, 0.05) is 23.8 Å². The average Bonchev–Trinajstić information content (AvgIpc) is 2.94. The number of rotatable bonds is 4. The van der Waals surface area contributed by atoms with E-state index in [9.17, 15) is 8.42 Å². The van der Waals surface area contributed by atoms with E-state index in [0.29, 0.717) is 12.1 Å². The van der Waals surface area contributed by atoms with Gasteiger partial charge in [0.1, 0.15) is 0 Å². The van der Waals surface area contributed by atoms with Crippen molar-refractivity contribution in [2.45, 2.75) is 50.1 Å². The monoisotopic (exact) mass is 291 g/mol. The van der Waals surface area contributed by atoms with E-state index < -0.39 is 10.0 Å². The highest BCUT2D eigenvalue weighted by molar-refractivity contribution is 7.89. The number of nitrogens with one attached hydrogen (secondary N) is 1. The van der Waals surface area contributed by atoms with Crippen molar-refractivity contribution in [3.05, 3.63) is 11.3 Å². The first-order valence-corrected chi connectivity index (χ1v) is 8.11. The number of aryl methyl sites for hydroxylation is 1. The van der Waals surface area contributed by atoms with Crippen molar-refractivity contribution in [3.63, 3.8) is 0 Å². The Labute approximate surface area is 113 Å². The van der Waals surface area contributed by atoms with Gasteiger partial charge in [-0.1, -0.05) is 6.92 Å². The fourth-order valence-corrected chi connectivity index (χ4v) is 4.79. The minimum absolute atomic E-state index is 0.0928. The van der Waals surface area contributed by atoms with Crippen LogP contribution >= 0.6 is 11.6 Å². The van der Waals surface area contributed by atoms with Crippen molar-refractivity contribution < 1.29 is 8.42 Å². The van der Waals surface area contributed by atoms with E-state index in [1.807, 2.05) is 6.92 Å². The molecule has 1 aliphatic heterocycles. The molecule has 102 valence electrons. The van der Waals surface area contributed by atoms with Gasteiger partial charge in [0.05, 0.1) is 5.88 Å². The Hall–Kier alpha value is -0.590. The molecule has 1 N–H and O–H groups in total. The Balaban J connectivity index is 2.42. The van der Waals surface area contributed by atoms with E-state index in [4.69, 9.17) is 11.6 Å². The van der Waals surface area contributed by atoms with E-state index in [1.54, 1.807) is 11.2 Å². The molecular weight excluding hydrogens is 274 g/mol. The number of alkyl halides is 1. The van der Waals surface area contributed by atoms with Gasteiger partial charge in [-0.3, -0.25) is 5.10 Å². The summed E-state index contributed by atoms with van der Waals surface area (Å²) in [6.07, 6.45) is 2.67. The smallest absolute Gasteiger partial charge is 0.262 e. The van der Waals surface area contributed by atoms with Crippen LogP contribution in [0.4, 0.5) is 0 Å². The molecule has 1 aliphatic rings. The molecule has 1 aromatic rings. The maximum Gasteiger partial charge on any atom is 0.262 e. The molecule has 1 aromatic heterocycles. The van der Waals surface area contributed by atoms with Crippen LogP contribution in [0.5, 0.6) is 0 Å². The molecule has 0 bridgehead atoms. The number of hydrogen-bond acceptors (Lipinski definition) is 3. The molecule has 18 heavy (non-hydrogen) atoms. The van der Waals surface area contributed by atoms with Gasteiger partial charge >= 0.3 is 0 Å². The zero-order valence-corrected chi connectivity index (χ0v) is 12.2. The summed E-state index contributed by atoms with van der Waals surface area (Å²) in [5.74, 6) is 0.154. The number of H-pyrrole nitrogens is 1. The fraction of sp³-hybridized carbons (Fsp3) is 0.727. The third-order valence-electron chi connectivity index (χ3n) is 3.52. The molecule has 7 heteroatoms. The lowest BCUT2D eigenvalue weighted by Crippen LogP contribution is -2.35. The van der Waals surface area contributed by atoms with Crippen LogP contribution in [0, 0.1) is 6.92 Å². The summed E-state index contributed by atoms with van der Waals surface area (Å²) < 4.78 is 26.7. The zero-order chi connectivity index (χ0) is 13.3. The average molecular weight is 292 g/mol. The Kier molecular flexibility index (Phi) is 3.99. The molecule has 2 heterocycles. The number of nitrogens with zero attached hydrogens (tertiary/aromatic N) is 2. The third-order valence-corrected chi connectivity index (χ3v) is 5.71. The molecule has 1 saturated heterocycles. The molecule has 0 spiro atoms. The highest BCUT2D eigenvalue weighted by Gasteiger charge is 2.37. The molecule has 0 radical (unpaired) electrons. The second-order valence-corrected chi connectivity index (χ2v) is 6.66. The van der Waals surface area contributed by atoms with E-state index in [-0.39, 0.29) is 16.9 Å². The SMILES string of the molecule is CCC1CCCN1S(=O)(=O)c1n[nH]c(C)c1CCl. The number of aromatic amines is 1. The summed E-state index contributed by atoms with van der Waals surface area (Å²) in [6.45, 7) is 4.37. The lowest BCUT2D eigenvalue weighted by molar-refractivity contribution is 0.378. The molecular formula is C11H18ClN3O2S. The molecule has 0 aliphatic carbocycles. The van der Waals surface area contributed by atoms with Crippen molar-refractivity contribution in [1.29, 1.82) is 0 Å². The van der Waals surface area contributed by atoms with Crippen LogP contribution in [0.25, 0.3) is 0 Å². The van der Waals surface area contributed by atoms with Crippen LogP contribution in [0.3, 0.4) is 0 Å². The molecule has 0 aromatic carbocycles. The summed E-state index contributed by atoms with van der Waals surface area (Å²) >= 11 is 5.82. The molecule has 0 saturated carbocycles.